The Kier molecular flexibility index (Phi) is 6.56. The molecule has 0 fully saturated rings. The normalized spacial score (nSPS) is 10.6. The van der Waals surface area contributed by atoms with Gasteiger partial charge in [0.25, 0.3) is 0 Å². The zero-order valence-electron chi connectivity index (χ0n) is 14.0. The first-order valence-corrected chi connectivity index (χ1v) is 7.30. The van der Waals surface area contributed by atoms with Crippen LogP contribution in [0.1, 0.15) is 20.8 Å². The first kappa shape index (κ1) is 18.5. The Morgan fingerprint density at radius 3 is 2.70 bits per heavy atom. The number of likely N-dealkylation sites (N-methyl/N-ethyl adjacent to an activating group) is 1. The maximum Gasteiger partial charge on any atom is 0.413 e. The molecule has 0 saturated carbocycles. The van der Waals surface area contributed by atoms with Gasteiger partial charge < -0.3 is 15.0 Å². The molecule has 1 aromatic rings. The van der Waals surface area contributed by atoms with Gasteiger partial charge >= 0.3 is 6.09 Å². The summed E-state index contributed by atoms with van der Waals surface area (Å²) in [5.74, 6) is 0.858. The number of anilines is 2. The fourth-order valence-electron chi connectivity index (χ4n) is 1.65. The van der Waals surface area contributed by atoms with E-state index in [1.165, 1.54) is 6.08 Å². The predicted octanol–water partition coefficient (Wildman–Crippen LogP) is 2.17. The summed E-state index contributed by atoms with van der Waals surface area (Å²) in [5.41, 5.74) is -0.568. The van der Waals surface area contributed by atoms with E-state index in [1.54, 1.807) is 32.9 Å². The van der Waals surface area contributed by atoms with Gasteiger partial charge in [-0.15, -0.1) is 0 Å². The lowest BCUT2D eigenvalue weighted by molar-refractivity contribution is -0.116. The van der Waals surface area contributed by atoms with Gasteiger partial charge in [0.1, 0.15) is 17.2 Å². The number of hydrogen-bond donors (Lipinski definition) is 2. The van der Waals surface area contributed by atoms with E-state index in [-0.39, 0.29) is 5.91 Å². The van der Waals surface area contributed by atoms with Crippen molar-refractivity contribution in [3.8, 4) is 0 Å². The van der Waals surface area contributed by atoms with Crippen LogP contribution >= 0.6 is 0 Å². The average Bonchev–Trinajstić information content (AvgIpc) is 2.45. The minimum atomic E-state index is -0.568. The standard InChI is InChI=1S/C16H24N4O3/c1-6-14(21)17-10-11-20(5)13-9-7-8-12(18-13)19-15(22)23-16(2,3)4/h6-9H,1,10-11H2,2-5H3,(H,17,21)(H,18,19,22). The number of rotatable bonds is 6. The maximum atomic E-state index is 11.7. The molecule has 0 bridgehead atoms. The highest BCUT2D eigenvalue weighted by Gasteiger charge is 2.16. The van der Waals surface area contributed by atoms with Gasteiger partial charge in [-0.05, 0) is 39.0 Å². The number of amides is 2. The van der Waals surface area contributed by atoms with Crippen LogP contribution in [-0.2, 0) is 9.53 Å². The molecule has 2 amide bonds. The summed E-state index contributed by atoms with van der Waals surface area (Å²) in [6.07, 6.45) is 0.673. The Bertz CT molecular complexity index is 567. The van der Waals surface area contributed by atoms with Crippen molar-refractivity contribution in [3.05, 3.63) is 30.9 Å². The topological polar surface area (TPSA) is 83.6 Å². The summed E-state index contributed by atoms with van der Waals surface area (Å²) in [6, 6.07) is 5.28. The van der Waals surface area contributed by atoms with Crippen molar-refractivity contribution in [2.24, 2.45) is 0 Å². The summed E-state index contributed by atoms with van der Waals surface area (Å²) < 4.78 is 5.19. The van der Waals surface area contributed by atoms with Crippen molar-refractivity contribution >= 4 is 23.6 Å². The molecule has 0 unspecified atom stereocenters. The Balaban J connectivity index is 2.60. The third-order valence-corrected chi connectivity index (χ3v) is 2.69. The molecule has 7 nitrogen and oxygen atoms in total. The molecule has 1 heterocycles. The molecule has 23 heavy (non-hydrogen) atoms. The third-order valence-electron chi connectivity index (χ3n) is 2.69. The highest BCUT2D eigenvalue weighted by atomic mass is 16.6. The lowest BCUT2D eigenvalue weighted by atomic mass is 10.2. The van der Waals surface area contributed by atoms with Crippen molar-refractivity contribution in [1.82, 2.24) is 10.3 Å². The second-order valence-electron chi connectivity index (χ2n) is 5.92. The molecular formula is C16H24N4O3. The first-order valence-electron chi connectivity index (χ1n) is 7.30. The lowest BCUT2D eigenvalue weighted by Gasteiger charge is -2.21. The molecule has 0 aromatic carbocycles. The van der Waals surface area contributed by atoms with Crippen LogP contribution in [0.3, 0.4) is 0 Å². The van der Waals surface area contributed by atoms with Crippen LogP contribution in [0.2, 0.25) is 0 Å². The molecule has 1 rings (SSSR count). The number of nitrogens with zero attached hydrogens (tertiary/aromatic N) is 2. The van der Waals surface area contributed by atoms with Gasteiger partial charge in [0.2, 0.25) is 5.91 Å². The monoisotopic (exact) mass is 320 g/mol. The second kappa shape index (κ2) is 8.17. The highest BCUT2D eigenvalue weighted by molar-refractivity contribution is 5.86. The lowest BCUT2D eigenvalue weighted by Crippen LogP contribution is -2.32. The molecule has 2 N–H and O–H groups in total. The van der Waals surface area contributed by atoms with E-state index in [1.807, 2.05) is 18.0 Å². The minimum Gasteiger partial charge on any atom is -0.444 e. The molecule has 0 aliphatic carbocycles. The summed E-state index contributed by atoms with van der Waals surface area (Å²) >= 11 is 0. The van der Waals surface area contributed by atoms with E-state index in [4.69, 9.17) is 4.74 Å². The summed E-state index contributed by atoms with van der Waals surface area (Å²) in [4.78, 5) is 29.0. The average molecular weight is 320 g/mol. The van der Waals surface area contributed by atoms with Crippen molar-refractivity contribution in [1.29, 1.82) is 0 Å². The number of carbonyl (C=O) groups excluding carboxylic acids is 2. The van der Waals surface area contributed by atoms with E-state index < -0.39 is 11.7 Å². The van der Waals surface area contributed by atoms with Gasteiger partial charge in [0, 0.05) is 20.1 Å². The number of nitrogens with one attached hydrogen (secondary N) is 2. The van der Waals surface area contributed by atoms with Crippen LogP contribution in [0.5, 0.6) is 0 Å². The van der Waals surface area contributed by atoms with E-state index >= 15 is 0 Å². The summed E-state index contributed by atoms with van der Waals surface area (Å²) in [5, 5.41) is 5.28. The van der Waals surface area contributed by atoms with Gasteiger partial charge in [-0.1, -0.05) is 12.6 Å². The molecule has 0 aliphatic rings. The Morgan fingerprint density at radius 1 is 1.39 bits per heavy atom. The largest absolute Gasteiger partial charge is 0.444 e. The fraction of sp³-hybridized carbons (Fsp3) is 0.438. The summed E-state index contributed by atoms with van der Waals surface area (Å²) in [6.45, 7) is 9.81. The molecule has 0 saturated heterocycles. The molecule has 1 aromatic heterocycles. The van der Waals surface area contributed by atoms with E-state index in [9.17, 15) is 9.59 Å². The van der Waals surface area contributed by atoms with Crippen LogP contribution < -0.4 is 15.5 Å². The van der Waals surface area contributed by atoms with Crippen LogP contribution in [0.4, 0.5) is 16.4 Å². The quantitative estimate of drug-likeness (QED) is 0.785. The first-order chi connectivity index (χ1) is 10.7. The minimum absolute atomic E-state index is 0.216. The van der Waals surface area contributed by atoms with Gasteiger partial charge in [-0.25, -0.2) is 9.78 Å². The van der Waals surface area contributed by atoms with Crippen molar-refractivity contribution in [3.63, 3.8) is 0 Å². The SMILES string of the molecule is C=CC(=O)NCCN(C)c1cccc(NC(=O)OC(C)(C)C)n1. The molecule has 7 heteroatoms. The van der Waals surface area contributed by atoms with Crippen molar-refractivity contribution < 1.29 is 14.3 Å². The molecule has 0 radical (unpaired) electrons. The summed E-state index contributed by atoms with van der Waals surface area (Å²) in [7, 11) is 1.85. The molecular weight excluding hydrogens is 296 g/mol. The van der Waals surface area contributed by atoms with Crippen LogP contribution in [0.25, 0.3) is 0 Å². The van der Waals surface area contributed by atoms with E-state index in [0.717, 1.165) is 0 Å². The number of hydrogen-bond acceptors (Lipinski definition) is 5. The zero-order valence-corrected chi connectivity index (χ0v) is 14.0. The fourth-order valence-corrected chi connectivity index (χ4v) is 1.65. The van der Waals surface area contributed by atoms with Gasteiger partial charge in [0.15, 0.2) is 0 Å². The molecule has 0 spiro atoms. The number of ether oxygens (including phenoxy) is 1. The van der Waals surface area contributed by atoms with E-state index in [0.29, 0.717) is 24.7 Å². The highest BCUT2D eigenvalue weighted by Crippen LogP contribution is 2.14. The Hall–Kier alpha value is -2.57. The number of pyridine rings is 1. The van der Waals surface area contributed by atoms with E-state index in [2.05, 4.69) is 22.2 Å². The predicted molar refractivity (Wildman–Crippen MR) is 90.6 cm³/mol. The Labute approximate surface area is 136 Å². The van der Waals surface area contributed by atoms with Crippen LogP contribution in [0.15, 0.2) is 30.9 Å². The maximum absolute atomic E-state index is 11.7. The smallest absolute Gasteiger partial charge is 0.413 e. The molecule has 126 valence electrons. The number of carbonyl (C=O) groups is 2. The zero-order chi connectivity index (χ0) is 17.5. The number of aromatic nitrogens is 1. The van der Waals surface area contributed by atoms with Crippen LogP contribution in [-0.4, -0.2) is 42.7 Å². The van der Waals surface area contributed by atoms with Crippen LogP contribution in [0, 0.1) is 0 Å². The second-order valence-corrected chi connectivity index (χ2v) is 5.92. The molecule has 0 atom stereocenters. The van der Waals surface area contributed by atoms with Gasteiger partial charge in [0.05, 0.1) is 0 Å². The van der Waals surface area contributed by atoms with Gasteiger partial charge in [-0.3, -0.25) is 10.1 Å². The van der Waals surface area contributed by atoms with Gasteiger partial charge in [-0.2, -0.15) is 0 Å². The van der Waals surface area contributed by atoms with Crippen molar-refractivity contribution in [2.45, 2.75) is 26.4 Å². The Morgan fingerprint density at radius 2 is 2.09 bits per heavy atom. The molecule has 0 aliphatic heterocycles. The third kappa shape index (κ3) is 7.30. The van der Waals surface area contributed by atoms with Crippen molar-refractivity contribution in [2.75, 3.05) is 30.4 Å².